The van der Waals surface area contributed by atoms with Gasteiger partial charge < -0.3 is 15.5 Å². The van der Waals surface area contributed by atoms with E-state index < -0.39 is 0 Å². The standard InChI is InChI=1S/C13H18ClN3O2/c1-4-17(8-12(18)16(2)3)13(19)9-5-6-10(14)11(15)7-9/h5-7H,4,8,15H2,1-3H3. The molecule has 2 amide bonds. The average molecular weight is 284 g/mol. The lowest BCUT2D eigenvalue weighted by molar-refractivity contribution is -0.129. The van der Waals surface area contributed by atoms with Crippen molar-refractivity contribution in [2.75, 3.05) is 32.9 Å². The van der Waals surface area contributed by atoms with Gasteiger partial charge in [0.05, 0.1) is 17.3 Å². The molecule has 5 nitrogen and oxygen atoms in total. The summed E-state index contributed by atoms with van der Waals surface area (Å²) in [6, 6.07) is 4.70. The molecule has 0 bridgehead atoms. The molecule has 1 aromatic carbocycles. The maximum Gasteiger partial charge on any atom is 0.254 e. The van der Waals surface area contributed by atoms with Crippen LogP contribution >= 0.6 is 11.6 Å². The monoisotopic (exact) mass is 283 g/mol. The van der Waals surface area contributed by atoms with Gasteiger partial charge >= 0.3 is 0 Å². The van der Waals surface area contributed by atoms with Gasteiger partial charge in [-0.3, -0.25) is 9.59 Å². The molecular weight excluding hydrogens is 266 g/mol. The number of hydrogen-bond donors (Lipinski definition) is 1. The molecule has 0 aromatic heterocycles. The largest absolute Gasteiger partial charge is 0.398 e. The maximum absolute atomic E-state index is 12.3. The number of halogens is 1. The average Bonchev–Trinajstić information content (AvgIpc) is 2.37. The van der Waals surface area contributed by atoms with Crippen LogP contribution in [0.4, 0.5) is 5.69 Å². The van der Waals surface area contributed by atoms with Crippen LogP contribution in [0.15, 0.2) is 18.2 Å². The third-order valence-electron chi connectivity index (χ3n) is 2.74. The Morgan fingerprint density at radius 3 is 2.42 bits per heavy atom. The van der Waals surface area contributed by atoms with E-state index >= 15 is 0 Å². The quantitative estimate of drug-likeness (QED) is 0.851. The summed E-state index contributed by atoms with van der Waals surface area (Å²) in [5.74, 6) is -0.363. The Morgan fingerprint density at radius 2 is 1.95 bits per heavy atom. The first kappa shape index (κ1) is 15.3. The van der Waals surface area contributed by atoms with Gasteiger partial charge in [-0.1, -0.05) is 11.6 Å². The van der Waals surface area contributed by atoms with Crippen molar-refractivity contribution in [2.45, 2.75) is 6.92 Å². The molecule has 0 radical (unpaired) electrons. The second-order valence-corrected chi connectivity index (χ2v) is 4.75. The molecule has 2 N–H and O–H groups in total. The molecule has 0 aliphatic rings. The van der Waals surface area contributed by atoms with Crippen LogP contribution in [0.3, 0.4) is 0 Å². The smallest absolute Gasteiger partial charge is 0.254 e. The van der Waals surface area contributed by atoms with Crippen LogP contribution in [0.2, 0.25) is 5.02 Å². The van der Waals surface area contributed by atoms with E-state index in [4.69, 9.17) is 17.3 Å². The van der Waals surface area contributed by atoms with E-state index in [-0.39, 0.29) is 18.4 Å². The van der Waals surface area contributed by atoms with Crippen molar-refractivity contribution in [3.8, 4) is 0 Å². The minimum atomic E-state index is -0.235. The molecule has 0 atom stereocenters. The van der Waals surface area contributed by atoms with E-state index in [2.05, 4.69) is 0 Å². The highest BCUT2D eigenvalue weighted by atomic mass is 35.5. The molecule has 0 saturated heterocycles. The van der Waals surface area contributed by atoms with Crippen molar-refractivity contribution >= 4 is 29.1 Å². The fourth-order valence-corrected chi connectivity index (χ4v) is 1.61. The van der Waals surface area contributed by atoms with Gasteiger partial charge in [-0.2, -0.15) is 0 Å². The summed E-state index contributed by atoms with van der Waals surface area (Å²) in [6.45, 7) is 2.31. The zero-order chi connectivity index (χ0) is 14.6. The number of nitrogen functional groups attached to an aromatic ring is 1. The molecule has 19 heavy (non-hydrogen) atoms. The predicted molar refractivity (Wildman–Crippen MR) is 76.1 cm³/mol. The van der Waals surface area contributed by atoms with Crippen molar-refractivity contribution in [1.82, 2.24) is 9.80 Å². The molecule has 0 unspecified atom stereocenters. The number of carbonyl (C=O) groups is 2. The Bertz CT molecular complexity index is 489. The van der Waals surface area contributed by atoms with Gasteiger partial charge in [-0.15, -0.1) is 0 Å². The Kier molecular flexibility index (Phi) is 5.18. The number of benzene rings is 1. The number of amides is 2. The summed E-state index contributed by atoms with van der Waals surface area (Å²) in [4.78, 5) is 26.8. The summed E-state index contributed by atoms with van der Waals surface area (Å²) in [5, 5.41) is 0.406. The number of hydrogen-bond acceptors (Lipinski definition) is 3. The lowest BCUT2D eigenvalue weighted by Gasteiger charge is -2.22. The normalized spacial score (nSPS) is 10.1. The molecule has 0 spiro atoms. The number of rotatable bonds is 4. The maximum atomic E-state index is 12.3. The van der Waals surface area contributed by atoms with Gasteiger partial charge in [0, 0.05) is 26.2 Å². The van der Waals surface area contributed by atoms with Crippen LogP contribution < -0.4 is 5.73 Å². The Morgan fingerprint density at radius 1 is 1.32 bits per heavy atom. The first-order valence-corrected chi connectivity index (χ1v) is 6.29. The van der Waals surface area contributed by atoms with E-state index in [9.17, 15) is 9.59 Å². The minimum absolute atomic E-state index is 0.0465. The summed E-state index contributed by atoms with van der Waals surface area (Å²) >= 11 is 5.81. The highest BCUT2D eigenvalue weighted by Crippen LogP contribution is 2.20. The zero-order valence-corrected chi connectivity index (χ0v) is 12.1. The summed E-state index contributed by atoms with van der Waals surface area (Å²) < 4.78 is 0. The summed E-state index contributed by atoms with van der Waals surface area (Å²) in [5.41, 5.74) is 6.45. The van der Waals surface area contributed by atoms with Crippen LogP contribution in [0.1, 0.15) is 17.3 Å². The van der Waals surface area contributed by atoms with Crippen LogP contribution in [-0.2, 0) is 4.79 Å². The van der Waals surface area contributed by atoms with Crippen molar-refractivity contribution < 1.29 is 9.59 Å². The van der Waals surface area contributed by atoms with Crippen LogP contribution in [0.25, 0.3) is 0 Å². The second-order valence-electron chi connectivity index (χ2n) is 4.34. The number of anilines is 1. The fourth-order valence-electron chi connectivity index (χ4n) is 1.49. The molecule has 0 saturated carbocycles. The molecule has 104 valence electrons. The molecule has 0 heterocycles. The number of carbonyl (C=O) groups excluding carboxylic acids is 2. The first-order chi connectivity index (χ1) is 8.86. The lowest BCUT2D eigenvalue weighted by Crippen LogP contribution is -2.40. The highest BCUT2D eigenvalue weighted by Gasteiger charge is 2.18. The van der Waals surface area contributed by atoms with Gasteiger partial charge in [-0.05, 0) is 25.1 Å². The topological polar surface area (TPSA) is 66.6 Å². The fraction of sp³-hybridized carbons (Fsp3) is 0.385. The third kappa shape index (κ3) is 3.86. The zero-order valence-electron chi connectivity index (χ0n) is 11.3. The van der Waals surface area contributed by atoms with Crippen LogP contribution in [0, 0.1) is 0 Å². The molecule has 1 aromatic rings. The van der Waals surface area contributed by atoms with Crippen molar-refractivity contribution in [3.63, 3.8) is 0 Å². The van der Waals surface area contributed by atoms with Gasteiger partial charge in [0.15, 0.2) is 0 Å². The molecule has 1 rings (SSSR count). The lowest BCUT2D eigenvalue weighted by atomic mass is 10.1. The highest BCUT2D eigenvalue weighted by molar-refractivity contribution is 6.33. The van der Waals surface area contributed by atoms with Crippen molar-refractivity contribution in [3.05, 3.63) is 28.8 Å². The first-order valence-electron chi connectivity index (χ1n) is 5.91. The minimum Gasteiger partial charge on any atom is -0.398 e. The second kappa shape index (κ2) is 6.43. The number of likely N-dealkylation sites (N-methyl/N-ethyl adjacent to an activating group) is 2. The Labute approximate surface area is 117 Å². The van der Waals surface area contributed by atoms with Crippen molar-refractivity contribution in [2.24, 2.45) is 0 Å². The SMILES string of the molecule is CCN(CC(=O)N(C)C)C(=O)c1ccc(Cl)c(N)c1. The van der Waals surface area contributed by atoms with Gasteiger partial charge in [0.1, 0.15) is 0 Å². The summed E-state index contributed by atoms with van der Waals surface area (Å²) in [6.07, 6.45) is 0. The molecule has 0 aliphatic carbocycles. The van der Waals surface area contributed by atoms with E-state index in [1.165, 1.54) is 15.9 Å². The van der Waals surface area contributed by atoms with Crippen molar-refractivity contribution in [1.29, 1.82) is 0 Å². The Balaban J connectivity index is 2.89. The van der Waals surface area contributed by atoms with E-state index in [0.717, 1.165) is 0 Å². The van der Waals surface area contributed by atoms with E-state index in [1.54, 1.807) is 26.2 Å². The van der Waals surface area contributed by atoms with Gasteiger partial charge in [-0.25, -0.2) is 0 Å². The number of nitrogens with two attached hydrogens (primary N) is 1. The molecule has 0 aliphatic heterocycles. The predicted octanol–water partition coefficient (Wildman–Crippen LogP) is 1.47. The van der Waals surface area contributed by atoms with Crippen LogP contribution in [-0.4, -0.2) is 48.8 Å². The van der Waals surface area contributed by atoms with Crippen LogP contribution in [0.5, 0.6) is 0 Å². The third-order valence-corrected chi connectivity index (χ3v) is 3.08. The van der Waals surface area contributed by atoms with E-state index in [1.807, 2.05) is 6.92 Å². The summed E-state index contributed by atoms with van der Waals surface area (Å²) in [7, 11) is 3.31. The molecular formula is C13H18ClN3O2. The Hall–Kier alpha value is -1.75. The molecule has 6 heteroatoms. The van der Waals surface area contributed by atoms with Gasteiger partial charge in [0.2, 0.25) is 5.91 Å². The van der Waals surface area contributed by atoms with Gasteiger partial charge in [0.25, 0.3) is 5.91 Å². The van der Waals surface area contributed by atoms with E-state index in [0.29, 0.717) is 22.8 Å². The molecule has 0 fully saturated rings. The number of nitrogens with zero attached hydrogens (tertiary/aromatic N) is 2.